The number of aromatic amines is 1. The highest BCUT2D eigenvalue weighted by atomic mass is 19.4. The van der Waals surface area contributed by atoms with Crippen molar-refractivity contribution >= 4 is 16.7 Å². The maximum absolute atomic E-state index is 12.8. The fraction of sp³-hybridized carbons (Fsp3) is 0.250. The van der Waals surface area contributed by atoms with Crippen LogP contribution in [0.5, 0.6) is 0 Å². The second-order valence-electron chi connectivity index (χ2n) is 4.25. The molecule has 1 heterocycles. The molecule has 0 aliphatic heterocycles. The van der Waals surface area contributed by atoms with E-state index in [1.165, 1.54) is 19.1 Å². The third-order valence-corrected chi connectivity index (χ3v) is 2.72. The van der Waals surface area contributed by atoms with Crippen molar-refractivity contribution in [2.45, 2.75) is 19.3 Å². The molecular weight excluding hydrogens is 288 g/mol. The van der Waals surface area contributed by atoms with Gasteiger partial charge in [-0.25, -0.2) is 0 Å². The number of benzene rings is 1. The maximum atomic E-state index is 12.8. The molecule has 108 valence electrons. The largest absolute Gasteiger partial charge is 0.454 e. The molecule has 8 heteroatoms. The summed E-state index contributed by atoms with van der Waals surface area (Å²) in [5.74, 6) is -2.51. The average Bonchev–Trinajstić information content (AvgIpc) is 2.64. The van der Waals surface area contributed by atoms with Gasteiger partial charge in [-0.1, -0.05) is 11.6 Å². The second-order valence-corrected chi connectivity index (χ2v) is 4.25. The molecular formula is C12H7F6NO. The van der Waals surface area contributed by atoms with Crippen molar-refractivity contribution in [2.24, 2.45) is 0 Å². The van der Waals surface area contributed by atoms with E-state index in [-0.39, 0.29) is 10.9 Å². The van der Waals surface area contributed by atoms with Gasteiger partial charge in [-0.05, 0) is 19.1 Å². The highest BCUT2D eigenvalue weighted by molar-refractivity contribution is 6.12. The number of hydrogen-bond donors (Lipinski definition) is 1. The molecule has 1 N–H and O–H groups in total. The topological polar surface area (TPSA) is 32.9 Å². The van der Waals surface area contributed by atoms with Gasteiger partial charge in [-0.3, -0.25) is 4.79 Å². The minimum atomic E-state index is -5.38. The molecule has 0 saturated heterocycles. The zero-order chi connectivity index (χ0) is 15.3. The highest BCUT2D eigenvalue weighted by Crippen LogP contribution is 2.38. The SMILES string of the molecule is Cc1ccc2[nH]c(C(F)(F)F)c(C(=O)C(F)(F)F)c2c1. The van der Waals surface area contributed by atoms with E-state index >= 15 is 0 Å². The van der Waals surface area contributed by atoms with Crippen LogP contribution in [0.4, 0.5) is 26.3 Å². The van der Waals surface area contributed by atoms with Crippen molar-refractivity contribution in [3.05, 3.63) is 35.0 Å². The van der Waals surface area contributed by atoms with Crippen LogP contribution in [0, 0.1) is 6.92 Å². The molecule has 0 unspecified atom stereocenters. The molecule has 0 amide bonds. The number of aromatic nitrogens is 1. The van der Waals surface area contributed by atoms with Crippen LogP contribution in [-0.2, 0) is 6.18 Å². The lowest BCUT2D eigenvalue weighted by molar-refractivity contribution is -0.141. The van der Waals surface area contributed by atoms with Crippen LogP contribution in [-0.4, -0.2) is 16.9 Å². The van der Waals surface area contributed by atoms with E-state index in [1.54, 1.807) is 0 Å². The molecule has 0 aliphatic carbocycles. The summed E-state index contributed by atoms with van der Waals surface area (Å²) < 4.78 is 75.8. The number of fused-ring (bicyclic) bond motifs is 1. The van der Waals surface area contributed by atoms with Crippen LogP contribution >= 0.6 is 0 Å². The Balaban J connectivity index is 2.83. The molecule has 0 bridgehead atoms. The molecule has 2 nitrogen and oxygen atoms in total. The Morgan fingerprint density at radius 3 is 2.20 bits per heavy atom. The summed E-state index contributed by atoms with van der Waals surface area (Å²) in [5.41, 5.74) is -2.79. The summed E-state index contributed by atoms with van der Waals surface area (Å²) in [7, 11) is 0. The summed E-state index contributed by atoms with van der Waals surface area (Å²) in [6.07, 6.45) is -10.5. The van der Waals surface area contributed by atoms with Gasteiger partial charge >= 0.3 is 12.4 Å². The number of carbonyl (C=O) groups excluding carboxylic acids is 1. The minimum Gasteiger partial charge on any atom is -0.350 e. The molecule has 0 spiro atoms. The maximum Gasteiger partial charge on any atom is 0.454 e. The Labute approximate surface area is 108 Å². The highest BCUT2D eigenvalue weighted by Gasteiger charge is 2.47. The van der Waals surface area contributed by atoms with E-state index in [4.69, 9.17) is 0 Å². The zero-order valence-electron chi connectivity index (χ0n) is 9.91. The van der Waals surface area contributed by atoms with Gasteiger partial charge in [0.1, 0.15) is 5.69 Å². The van der Waals surface area contributed by atoms with Gasteiger partial charge in [0.2, 0.25) is 0 Å². The van der Waals surface area contributed by atoms with Crippen LogP contribution < -0.4 is 0 Å². The fourth-order valence-electron chi connectivity index (χ4n) is 1.90. The minimum absolute atomic E-state index is 0.171. The Bertz CT molecular complexity index is 680. The molecule has 2 aromatic rings. The Morgan fingerprint density at radius 2 is 1.70 bits per heavy atom. The van der Waals surface area contributed by atoms with Crippen LogP contribution in [0.2, 0.25) is 0 Å². The summed E-state index contributed by atoms with van der Waals surface area (Å²) in [6.45, 7) is 1.50. The number of Topliss-reactive ketones (excluding diaryl/α,β-unsaturated/α-hetero) is 1. The van der Waals surface area contributed by atoms with Gasteiger partial charge in [0, 0.05) is 10.9 Å². The van der Waals surface area contributed by atoms with Crippen molar-refractivity contribution in [3.8, 4) is 0 Å². The normalized spacial score (nSPS) is 12.9. The summed E-state index contributed by atoms with van der Waals surface area (Å²) in [4.78, 5) is 13.1. The number of nitrogens with one attached hydrogen (secondary N) is 1. The standard InChI is InChI=1S/C12H7F6NO/c1-5-2-3-7-6(4-5)8(10(20)12(16,17)18)9(19-7)11(13,14)15/h2-4,19H,1H3. The number of H-pyrrole nitrogens is 1. The number of rotatable bonds is 1. The molecule has 2 rings (SSSR count). The number of halogens is 6. The average molecular weight is 295 g/mol. The van der Waals surface area contributed by atoms with Crippen molar-refractivity contribution in [1.29, 1.82) is 0 Å². The fourth-order valence-corrected chi connectivity index (χ4v) is 1.90. The van der Waals surface area contributed by atoms with Gasteiger partial charge < -0.3 is 4.98 Å². The van der Waals surface area contributed by atoms with E-state index in [0.29, 0.717) is 5.56 Å². The molecule has 1 aromatic heterocycles. The van der Waals surface area contributed by atoms with Gasteiger partial charge in [0.15, 0.2) is 0 Å². The molecule has 0 radical (unpaired) electrons. The first-order chi connectivity index (χ1) is 9.01. The molecule has 0 aliphatic rings. The van der Waals surface area contributed by atoms with Crippen molar-refractivity contribution in [3.63, 3.8) is 0 Å². The molecule has 20 heavy (non-hydrogen) atoms. The van der Waals surface area contributed by atoms with Crippen molar-refractivity contribution in [1.82, 2.24) is 4.98 Å². The lowest BCUT2D eigenvalue weighted by atomic mass is 10.0. The van der Waals surface area contributed by atoms with E-state index in [9.17, 15) is 31.1 Å². The number of hydrogen-bond acceptors (Lipinski definition) is 1. The monoisotopic (exact) mass is 295 g/mol. The van der Waals surface area contributed by atoms with Gasteiger partial charge in [0.25, 0.3) is 5.78 Å². The molecule has 0 atom stereocenters. The first-order valence-electron chi connectivity index (χ1n) is 5.33. The molecule has 0 fully saturated rings. The van der Waals surface area contributed by atoms with E-state index in [0.717, 1.165) is 6.07 Å². The third kappa shape index (κ3) is 2.37. The molecule has 0 saturated carbocycles. The van der Waals surface area contributed by atoms with Gasteiger partial charge in [-0.15, -0.1) is 0 Å². The predicted molar refractivity (Wildman–Crippen MR) is 58.4 cm³/mol. The van der Waals surface area contributed by atoms with Gasteiger partial charge in [-0.2, -0.15) is 26.3 Å². The summed E-state index contributed by atoms with van der Waals surface area (Å²) in [5, 5.41) is -0.389. The predicted octanol–water partition coefficient (Wildman–Crippen LogP) is 4.24. The molecule has 1 aromatic carbocycles. The smallest absolute Gasteiger partial charge is 0.350 e. The summed E-state index contributed by atoms with van der Waals surface area (Å²) >= 11 is 0. The Morgan fingerprint density at radius 1 is 1.10 bits per heavy atom. The second kappa shape index (κ2) is 4.26. The first-order valence-corrected chi connectivity index (χ1v) is 5.33. The van der Waals surface area contributed by atoms with Crippen molar-refractivity contribution < 1.29 is 31.1 Å². The van der Waals surface area contributed by atoms with Crippen LogP contribution in [0.1, 0.15) is 21.6 Å². The Kier molecular flexibility index (Phi) is 3.07. The summed E-state index contributed by atoms with van der Waals surface area (Å²) in [6, 6.07) is 3.74. The lowest BCUT2D eigenvalue weighted by Gasteiger charge is -2.09. The van der Waals surface area contributed by atoms with Gasteiger partial charge in [0.05, 0.1) is 5.56 Å². The number of ketones is 1. The van der Waals surface area contributed by atoms with Crippen LogP contribution in [0.3, 0.4) is 0 Å². The van der Waals surface area contributed by atoms with E-state index in [2.05, 4.69) is 0 Å². The first kappa shape index (κ1) is 14.4. The Hall–Kier alpha value is -1.99. The van der Waals surface area contributed by atoms with Crippen LogP contribution in [0.15, 0.2) is 18.2 Å². The van der Waals surface area contributed by atoms with Crippen LogP contribution in [0.25, 0.3) is 10.9 Å². The number of aryl methyl sites for hydroxylation is 1. The zero-order valence-corrected chi connectivity index (χ0v) is 9.91. The third-order valence-electron chi connectivity index (χ3n) is 2.72. The lowest BCUT2D eigenvalue weighted by Crippen LogP contribution is -2.25. The quantitative estimate of drug-likeness (QED) is 0.619. The number of carbonyl (C=O) groups is 1. The van der Waals surface area contributed by atoms with E-state index in [1.807, 2.05) is 4.98 Å². The van der Waals surface area contributed by atoms with E-state index < -0.39 is 29.4 Å². The van der Waals surface area contributed by atoms with Crippen molar-refractivity contribution in [2.75, 3.05) is 0 Å². The number of alkyl halides is 6.